The standard InChI is InChI=1S/C25H16ClNO4/c1-14-2-4-15(5-3-14)23-13-20(28)19-12-18(7-9-22(19)31-23)27-25(29)24-11-16-10-17(26)6-8-21(16)30-24/h2-13H,1H3,(H,27,29). The van der Waals surface area contributed by atoms with E-state index in [1.165, 1.54) is 6.07 Å². The number of hydrogen-bond donors (Lipinski definition) is 1. The fourth-order valence-corrected chi connectivity index (χ4v) is 3.59. The number of furan rings is 1. The van der Waals surface area contributed by atoms with E-state index in [2.05, 4.69) is 5.32 Å². The van der Waals surface area contributed by atoms with Crippen LogP contribution in [-0.2, 0) is 0 Å². The molecule has 0 fully saturated rings. The molecule has 1 N–H and O–H groups in total. The van der Waals surface area contributed by atoms with Gasteiger partial charge in [0.1, 0.15) is 16.9 Å². The number of carbonyl (C=O) groups excluding carboxylic acids is 1. The van der Waals surface area contributed by atoms with Crippen LogP contribution in [0.4, 0.5) is 5.69 Å². The molecule has 0 aliphatic carbocycles. The molecule has 0 bridgehead atoms. The van der Waals surface area contributed by atoms with Crippen LogP contribution in [0.15, 0.2) is 86.4 Å². The summed E-state index contributed by atoms with van der Waals surface area (Å²) in [5, 5.41) is 4.44. The Morgan fingerprint density at radius 2 is 1.65 bits per heavy atom. The van der Waals surface area contributed by atoms with Crippen LogP contribution in [0.3, 0.4) is 0 Å². The van der Waals surface area contributed by atoms with Gasteiger partial charge in [-0.2, -0.15) is 0 Å². The smallest absolute Gasteiger partial charge is 0.291 e. The first-order valence-corrected chi connectivity index (χ1v) is 9.99. The molecular formula is C25H16ClNO4. The number of fused-ring (bicyclic) bond motifs is 2. The summed E-state index contributed by atoms with van der Waals surface area (Å²) in [4.78, 5) is 25.3. The van der Waals surface area contributed by atoms with Gasteiger partial charge in [0.2, 0.25) is 0 Å². The van der Waals surface area contributed by atoms with Gasteiger partial charge in [-0.05, 0) is 49.4 Å². The number of anilines is 1. The zero-order chi connectivity index (χ0) is 21.5. The molecule has 5 aromatic rings. The second-order valence-corrected chi connectivity index (χ2v) is 7.74. The lowest BCUT2D eigenvalue weighted by Gasteiger charge is -2.07. The lowest BCUT2D eigenvalue weighted by Crippen LogP contribution is -2.11. The van der Waals surface area contributed by atoms with E-state index in [0.717, 1.165) is 16.5 Å². The van der Waals surface area contributed by atoms with Crippen molar-refractivity contribution in [2.75, 3.05) is 5.32 Å². The van der Waals surface area contributed by atoms with Crippen LogP contribution in [0.5, 0.6) is 0 Å². The fourth-order valence-electron chi connectivity index (χ4n) is 3.41. The zero-order valence-corrected chi connectivity index (χ0v) is 17.2. The van der Waals surface area contributed by atoms with Crippen molar-refractivity contribution in [2.45, 2.75) is 6.92 Å². The van der Waals surface area contributed by atoms with Crippen LogP contribution in [-0.4, -0.2) is 5.91 Å². The SMILES string of the molecule is Cc1ccc(-c2cc(=O)c3cc(NC(=O)c4cc5cc(Cl)ccc5o4)ccc3o2)cc1. The molecule has 5 nitrogen and oxygen atoms in total. The lowest BCUT2D eigenvalue weighted by molar-refractivity contribution is 0.0998. The third-order valence-corrected chi connectivity index (χ3v) is 5.26. The summed E-state index contributed by atoms with van der Waals surface area (Å²) in [6.07, 6.45) is 0. The zero-order valence-electron chi connectivity index (χ0n) is 16.4. The maximum Gasteiger partial charge on any atom is 0.291 e. The van der Waals surface area contributed by atoms with Crippen molar-refractivity contribution in [1.82, 2.24) is 0 Å². The fraction of sp³-hybridized carbons (Fsp3) is 0.0400. The maximum atomic E-state index is 12.7. The first-order valence-electron chi connectivity index (χ1n) is 9.62. The van der Waals surface area contributed by atoms with E-state index in [9.17, 15) is 9.59 Å². The minimum atomic E-state index is -0.424. The minimum Gasteiger partial charge on any atom is -0.456 e. The van der Waals surface area contributed by atoms with Gasteiger partial charge in [-0.3, -0.25) is 9.59 Å². The Balaban J connectivity index is 1.45. The molecule has 0 spiro atoms. The molecule has 0 radical (unpaired) electrons. The molecule has 31 heavy (non-hydrogen) atoms. The number of nitrogens with one attached hydrogen (secondary N) is 1. The summed E-state index contributed by atoms with van der Waals surface area (Å²) < 4.78 is 11.5. The largest absolute Gasteiger partial charge is 0.456 e. The van der Waals surface area contributed by atoms with Crippen LogP contribution in [0.1, 0.15) is 16.1 Å². The summed E-state index contributed by atoms with van der Waals surface area (Å²) in [6.45, 7) is 2.00. The van der Waals surface area contributed by atoms with Crippen molar-refractivity contribution in [2.24, 2.45) is 0 Å². The monoisotopic (exact) mass is 429 g/mol. The number of amides is 1. The molecule has 0 aliphatic rings. The van der Waals surface area contributed by atoms with Crippen molar-refractivity contribution in [3.05, 3.63) is 99.4 Å². The molecule has 3 aromatic carbocycles. The maximum absolute atomic E-state index is 12.7. The number of benzene rings is 3. The van der Waals surface area contributed by atoms with Crippen LogP contribution < -0.4 is 10.7 Å². The van der Waals surface area contributed by atoms with Gasteiger partial charge in [0, 0.05) is 27.7 Å². The van der Waals surface area contributed by atoms with Gasteiger partial charge < -0.3 is 14.2 Å². The highest BCUT2D eigenvalue weighted by Gasteiger charge is 2.14. The van der Waals surface area contributed by atoms with Crippen molar-refractivity contribution >= 4 is 45.1 Å². The average molecular weight is 430 g/mol. The van der Waals surface area contributed by atoms with E-state index in [1.54, 1.807) is 42.5 Å². The highest BCUT2D eigenvalue weighted by Crippen LogP contribution is 2.26. The third kappa shape index (κ3) is 3.71. The second-order valence-electron chi connectivity index (χ2n) is 7.30. The van der Waals surface area contributed by atoms with E-state index in [4.69, 9.17) is 20.4 Å². The van der Waals surface area contributed by atoms with Gasteiger partial charge >= 0.3 is 0 Å². The highest BCUT2D eigenvalue weighted by atomic mass is 35.5. The van der Waals surface area contributed by atoms with Gasteiger partial charge in [-0.1, -0.05) is 41.4 Å². The average Bonchev–Trinajstić information content (AvgIpc) is 3.18. The normalized spacial score (nSPS) is 11.2. The van der Waals surface area contributed by atoms with E-state index < -0.39 is 5.91 Å². The Morgan fingerprint density at radius 1 is 0.871 bits per heavy atom. The Hall–Kier alpha value is -3.83. The highest BCUT2D eigenvalue weighted by molar-refractivity contribution is 6.31. The minimum absolute atomic E-state index is 0.152. The lowest BCUT2D eigenvalue weighted by atomic mass is 10.1. The molecule has 5 rings (SSSR count). The summed E-state index contributed by atoms with van der Waals surface area (Å²) in [6, 6.07) is 20.9. The van der Waals surface area contributed by atoms with Gasteiger partial charge in [-0.15, -0.1) is 0 Å². The first kappa shape index (κ1) is 19.2. The van der Waals surface area contributed by atoms with E-state index in [0.29, 0.717) is 33.0 Å². The molecule has 0 atom stereocenters. The Morgan fingerprint density at radius 3 is 2.45 bits per heavy atom. The number of hydrogen-bond acceptors (Lipinski definition) is 4. The first-order chi connectivity index (χ1) is 15.0. The van der Waals surface area contributed by atoms with Crippen LogP contribution in [0, 0.1) is 6.92 Å². The second kappa shape index (κ2) is 7.45. The molecule has 6 heteroatoms. The van der Waals surface area contributed by atoms with Gasteiger partial charge in [0.05, 0.1) is 5.39 Å². The molecule has 1 amide bonds. The molecule has 0 saturated carbocycles. The Kier molecular flexibility index (Phi) is 4.60. The summed E-state index contributed by atoms with van der Waals surface area (Å²) in [5.74, 6) is 0.224. The van der Waals surface area contributed by atoms with Gasteiger partial charge in [-0.25, -0.2) is 0 Å². The predicted molar refractivity (Wildman–Crippen MR) is 122 cm³/mol. The molecule has 0 aliphatic heterocycles. The predicted octanol–water partition coefficient (Wildman–Crippen LogP) is 6.42. The molecule has 0 unspecified atom stereocenters. The van der Waals surface area contributed by atoms with Crippen molar-refractivity contribution in [3.8, 4) is 11.3 Å². The number of carbonyl (C=O) groups is 1. The van der Waals surface area contributed by atoms with Crippen LogP contribution in [0.2, 0.25) is 5.02 Å². The van der Waals surface area contributed by atoms with E-state index in [-0.39, 0.29) is 11.2 Å². The van der Waals surface area contributed by atoms with Crippen molar-refractivity contribution < 1.29 is 13.6 Å². The number of halogens is 1. The summed E-state index contributed by atoms with van der Waals surface area (Å²) in [5.41, 5.74) is 3.24. The van der Waals surface area contributed by atoms with Gasteiger partial charge in [0.15, 0.2) is 11.2 Å². The number of rotatable bonds is 3. The molecule has 2 aromatic heterocycles. The summed E-state index contributed by atoms with van der Waals surface area (Å²) in [7, 11) is 0. The van der Waals surface area contributed by atoms with E-state index in [1.807, 2.05) is 31.2 Å². The Bertz CT molecular complexity index is 1510. The third-order valence-electron chi connectivity index (χ3n) is 5.02. The quantitative estimate of drug-likeness (QED) is 0.359. The van der Waals surface area contributed by atoms with Gasteiger partial charge in [0.25, 0.3) is 5.91 Å². The van der Waals surface area contributed by atoms with Crippen LogP contribution in [0.25, 0.3) is 33.3 Å². The van der Waals surface area contributed by atoms with Crippen LogP contribution >= 0.6 is 11.6 Å². The van der Waals surface area contributed by atoms with Crippen molar-refractivity contribution in [3.63, 3.8) is 0 Å². The van der Waals surface area contributed by atoms with E-state index >= 15 is 0 Å². The topological polar surface area (TPSA) is 72.5 Å². The molecular weight excluding hydrogens is 414 g/mol. The molecule has 0 saturated heterocycles. The van der Waals surface area contributed by atoms with Crippen molar-refractivity contribution in [1.29, 1.82) is 0 Å². The summed E-state index contributed by atoms with van der Waals surface area (Å²) >= 11 is 5.98. The molecule has 2 heterocycles. The Labute approximate surface area is 181 Å². The molecule has 152 valence electrons. The number of aryl methyl sites for hydroxylation is 1.